The maximum absolute atomic E-state index is 13.0. The van der Waals surface area contributed by atoms with Gasteiger partial charge in [0.1, 0.15) is 5.82 Å². The SMILES string of the molecule is CNc1cc(C(=O)N2CC[C@H](c3cc(C(=O)NCCOC)c4ccccc4n3)C2)ccn1. The molecule has 0 bridgehead atoms. The van der Waals surface area contributed by atoms with E-state index in [0.29, 0.717) is 43.2 Å². The summed E-state index contributed by atoms with van der Waals surface area (Å²) in [4.78, 5) is 36.7. The van der Waals surface area contributed by atoms with E-state index in [0.717, 1.165) is 23.0 Å². The Labute approximate surface area is 187 Å². The highest BCUT2D eigenvalue weighted by molar-refractivity contribution is 6.06. The van der Waals surface area contributed by atoms with Gasteiger partial charge in [-0.2, -0.15) is 0 Å². The monoisotopic (exact) mass is 433 g/mol. The van der Waals surface area contributed by atoms with Gasteiger partial charge in [-0.25, -0.2) is 4.98 Å². The largest absolute Gasteiger partial charge is 0.383 e. The summed E-state index contributed by atoms with van der Waals surface area (Å²) in [6, 6.07) is 13.0. The first kappa shape index (κ1) is 21.7. The first-order chi connectivity index (χ1) is 15.6. The number of amides is 2. The average molecular weight is 434 g/mol. The number of anilines is 1. The molecule has 1 fully saturated rings. The minimum atomic E-state index is -0.149. The second kappa shape index (κ2) is 9.74. The molecule has 1 aliphatic rings. The second-order valence-electron chi connectivity index (χ2n) is 7.78. The highest BCUT2D eigenvalue weighted by atomic mass is 16.5. The van der Waals surface area contributed by atoms with Crippen LogP contribution in [-0.4, -0.2) is 67.1 Å². The van der Waals surface area contributed by atoms with Crippen molar-refractivity contribution in [2.75, 3.05) is 45.7 Å². The maximum atomic E-state index is 13.0. The number of carbonyl (C=O) groups is 2. The third-order valence-corrected chi connectivity index (χ3v) is 5.73. The van der Waals surface area contributed by atoms with E-state index >= 15 is 0 Å². The maximum Gasteiger partial charge on any atom is 0.254 e. The Bertz CT molecular complexity index is 1130. The number of para-hydroxylation sites is 1. The highest BCUT2D eigenvalue weighted by Gasteiger charge is 2.30. The molecule has 166 valence electrons. The van der Waals surface area contributed by atoms with Gasteiger partial charge < -0.3 is 20.3 Å². The Morgan fingerprint density at radius 1 is 1.22 bits per heavy atom. The topological polar surface area (TPSA) is 96.5 Å². The van der Waals surface area contributed by atoms with E-state index < -0.39 is 0 Å². The van der Waals surface area contributed by atoms with Crippen molar-refractivity contribution in [2.45, 2.75) is 12.3 Å². The number of nitrogens with one attached hydrogen (secondary N) is 2. The number of rotatable bonds is 7. The lowest BCUT2D eigenvalue weighted by Crippen LogP contribution is -2.29. The lowest BCUT2D eigenvalue weighted by Gasteiger charge is -2.17. The average Bonchev–Trinajstić information content (AvgIpc) is 3.33. The zero-order chi connectivity index (χ0) is 22.5. The van der Waals surface area contributed by atoms with Crippen LogP contribution in [0.5, 0.6) is 0 Å². The third kappa shape index (κ3) is 4.55. The van der Waals surface area contributed by atoms with Gasteiger partial charge in [0, 0.05) is 62.6 Å². The van der Waals surface area contributed by atoms with Crippen molar-refractivity contribution in [3.8, 4) is 0 Å². The van der Waals surface area contributed by atoms with Crippen LogP contribution in [0.1, 0.15) is 38.7 Å². The molecular weight excluding hydrogens is 406 g/mol. The standard InChI is InChI=1S/C24H27N5O3/c1-25-22-13-16(7-9-26-22)24(31)29-11-8-17(15-29)21-14-19(23(30)27-10-12-32-2)18-5-3-4-6-20(18)28-21/h3-7,9,13-14,17H,8,10-12,15H2,1-2H3,(H,25,26)(H,27,30)/t17-/m0/s1. The van der Waals surface area contributed by atoms with E-state index in [1.807, 2.05) is 35.2 Å². The number of likely N-dealkylation sites (tertiary alicyclic amines) is 1. The van der Waals surface area contributed by atoms with Crippen molar-refractivity contribution >= 4 is 28.5 Å². The molecule has 8 nitrogen and oxygen atoms in total. The molecule has 2 amide bonds. The first-order valence-electron chi connectivity index (χ1n) is 10.7. The zero-order valence-corrected chi connectivity index (χ0v) is 18.3. The van der Waals surface area contributed by atoms with Gasteiger partial charge in [0.2, 0.25) is 0 Å². The molecule has 0 saturated carbocycles. The number of carbonyl (C=O) groups excluding carboxylic acids is 2. The molecule has 0 radical (unpaired) electrons. The summed E-state index contributed by atoms with van der Waals surface area (Å²) in [7, 11) is 3.38. The predicted molar refractivity (Wildman–Crippen MR) is 123 cm³/mol. The molecule has 1 atom stereocenters. The van der Waals surface area contributed by atoms with Crippen LogP contribution in [-0.2, 0) is 4.74 Å². The fourth-order valence-electron chi connectivity index (χ4n) is 4.02. The first-order valence-corrected chi connectivity index (χ1v) is 10.7. The number of benzene rings is 1. The number of aromatic nitrogens is 2. The van der Waals surface area contributed by atoms with Gasteiger partial charge in [-0.05, 0) is 30.7 Å². The van der Waals surface area contributed by atoms with Gasteiger partial charge in [-0.1, -0.05) is 18.2 Å². The van der Waals surface area contributed by atoms with Gasteiger partial charge in [-0.3, -0.25) is 14.6 Å². The molecule has 1 saturated heterocycles. The Kier molecular flexibility index (Phi) is 6.61. The van der Waals surface area contributed by atoms with Crippen LogP contribution in [0.25, 0.3) is 10.9 Å². The van der Waals surface area contributed by atoms with Gasteiger partial charge in [0.15, 0.2) is 0 Å². The Hall–Kier alpha value is -3.52. The number of nitrogens with zero attached hydrogens (tertiary/aromatic N) is 3. The predicted octanol–water partition coefficient (Wildman–Crippen LogP) is 2.68. The van der Waals surface area contributed by atoms with Crippen molar-refractivity contribution < 1.29 is 14.3 Å². The van der Waals surface area contributed by atoms with Gasteiger partial charge in [0.25, 0.3) is 11.8 Å². The number of ether oxygens (including phenoxy) is 1. The Morgan fingerprint density at radius 2 is 2.06 bits per heavy atom. The number of pyridine rings is 2. The van der Waals surface area contributed by atoms with Gasteiger partial charge >= 0.3 is 0 Å². The Morgan fingerprint density at radius 3 is 2.88 bits per heavy atom. The summed E-state index contributed by atoms with van der Waals surface area (Å²) in [6.07, 6.45) is 2.43. The lowest BCUT2D eigenvalue weighted by atomic mass is 9.99. The van der Waals surface area contributed by atoms with E-state index in [9.17, 15) is 9.59 Å². The molecule has 0 unspecified atom stereocenters. The summed E-state index contributed by atoms with van der Waals surface area (Å²) in [5, 5.41) is 6.68. The van der Waals surface area contributed by atoms with Crippen LogP contribution < -0.4 is 10.6 Å². The smallest absolute Gasteiger partial charge is 0.254 e. The van der Waals surface area contributed by atoms with Gasteiger partial charge in [0.05, 0.1) is 17.7 Å². The van der Waals surface area contributed by atoms with Crippen molar-refractivity contribution in [1.82, 2.24) is 20.2 Å². The van der Waals surface area contributed by atoms with Crippen LogP contribution in [0.3, 0.4) is 0 Å². The van der Waals surface area contributed by atoms with Crippen LogP contribution >= 0.6 is 0 Å². The van der Waals surface area contributed by atoms with E-state index in [-0.39, 0.29) is 17.7 Å². The van der Waals surface area contributed by atoms with Gasteiger partial charge in [-0.15, -0.1) is 0 Å². The minimum absolute atomic E-state index is 0.0234. The quantitative estimate of drug-likeness (QED) is 0.556. The second-order valence-corrected chi connectivity index (χ2v) is 7.78. The summed E-state index contributed by atoms with van der Waals surface area (Å²) < 4.78 is 5.03. The Balaban J connectivity index is 1.57. The van der Waals surface area contributed by atoms with Crippen LogP contribution in [0.2, 0.25) is 0 Å². The fraction of sp³-hybridized carbons (Fsp3) is 0.333. The van der Waals surface area contributed by atoms with Crippen LogP contribution in [0, 0.1) is 0 Å². The molecule has 8 heteroatoms. The number of hydrogen-bond donors (Lipinski definition) is 2. The molecule has 32 heavy (non-hydrogen) atoms. The summed E-state index contributed by atoms with van der Waals surface area (Å²) >= 11 is 0. The van der Waals surface area contributed by atoms with Crippen LogP contribution in [0.4, 0.5) is 5.82 Å². The molecule has 3 heterocycles. The molecule has 1 aromatic carbocycles. The van der Waals surface area contributed by atoms with Crippen LogP contribution in [0.15, 0.2) is 48.7 Å². The summed E-state index contributed by atoms with van der Waals surface area (Å²) in [5.74, 6) is 0.556. The van der Waals surface area contributed by atoms with E-state index in [1.54, 1.807) is 32.5 Å². The number of hydrogen-bond acceptors (Lipinski definition) is 6. The number of fused-ring (bicyclic) bond motifs is 1. The lowest BCUT2D eigenvalue weighted by molar-refractivity contribution is 0.0790. The molecule has 0 aliphatic carbocycles. The normalized spacial score (nSPS) is 15.7. The zero-order valence-electron chi connectivity index (χ0n) is 18.3. The molecule has 3 aromatic rings. The molecule has 4 rings (SSSR count). The fourth-order valence-corrected chi connectivity index (χ4v) is 4.02. The van der Waals surface area contributed by atoms with E-state index in [2.05, 4.69) is 15.6 Å². The number of methoxy groups -OCH3 is 1. The van der Waals surface area contributed by atoms with E-state index in [4.69, 9.17) is 9.72 Å². The van der Waals surface area contributed by atoms with Crippen molar-refractivity contribution in [3.63, 3.8) is 0 Å². The van der Waals surface area contributed by atoms with Crippen molar-refractivity contribution in [2.24, 2.45) is 0 Å². The molecule has 0 spiro atoms. The van der Waals surface area contributed by atoms with Crippen molar-refractivity contribution in [1.29, 1.82) is 0 Å². The van der Waals surface area contributed by atoms with Crippen molar-refractivity contribution in [3.05, 3.63) is 65.5 Å². The molecule has 1 aliphatic heterocycles. The minimum Gasteiger partial charge on any atom is -0.383 e. The summed E-state index contributed by atoms with van der Waals surface area (Å²) in [6.45, 7) is 2.09. The third-order valence-electron chi connectivity index (χ3n) is 5.73. The highest BCUT2D eigenvalue weighted by Crippen LogP contribution is 2.30. The molecular formula is C24H27N5O3. The van der Waals surface area contributed by atoms with E-state index in [1.165, 1.54) is 0 Å². The molecule has 2 N–H and O–H groups in total. The molecule has 2 aromatic heterocycles. The summed E-state index contributed by atoms with van der Waals surface area (Å²) in [5.41, 5.74) is 2.81.